The number of carbonyl (C=O) groups is 1. The van der Waals surface area contributed by atoms with Crippen molar-refractivity contribution in [3.05, 3.63) is 73.2 Å². The Morgan fingerprint density at radius 2 is 1.65 bits per heavy atom. The summed E-state index contributed by atoms with van der Waals surface area (Å²) in [5.41, 5.74) is 0.180. The van der Waals surface area contributed by atoms with E-state index in [9.17, 15) is 29.8 Å². The third kappa shape index (κ3) is 3.26. The van der Waals surface area contributed by atoms with Crippen molar-refractivity contribution in [2.75, 3.05) is 5.32 Å². The topological polar surface area (TPSA) is 151 Å². The average Bonchev–Trinajstić information content (AvgIpc) is 2.90. The van der Waals surface area contributed by atoms with E-state index in [1.807, 2.05) is 0 Å². The van der Waals surface area contributed by atoms with E-state index >= 15 is 0 Å². The van der Waals surface area contributed by atoms with Gasteiger partial charge in [-0.25, -0.2) is 4.79 Å². The van der Waals surface area contributed by atoms with Gasteiger partial charge in [-0.15, -0.1) is 0 Å². The molecule has 2 aromatic carbocycles. The van der Waals surface area contributed by atoms with Gasteiger partial charge in [-0.2, -0.15) is 0 Å². The molecule has 132 valence electrons. The highest BCUT2D eigenvalue weighted by Crippen LogP contribution is 2.20. The number of nitro groups is 2. The summed E-state index contributed by atoms with van der Waals surface area (Å²) in [6.45, 7) is -0.388. The molecular formula is C15H10N4O7. The summed E-state index contributed by atoms with van der Waals surface area (Å²) in [5, 5.41) is 23.9. The van der Waals surface area contributed by atoms with Gasteiger partial charge in [-0.3, -0.25) is 29.6 Å². The standard InChI is InChI=1S/C15H10N4O7/c20-14(16-9-1-3-10(4-2-9)18(22)23)8-17-12-6-5-11(19(24)25)7-13(12)26-15(17)21/h1-7H,8H2,(H,16,20). The summed E-state index contributed by atoms with van der Waals surface area (Å²) in [6.07, 6.45) is 0. The fourth-order valence-electron chi connectivity index (χ4n) is 2.33. The van der Waals surface area contributed by atoms with E-state index in [1.165, 1.54) is 36.4 Å². The number of benzene rings is 2. The van der Waals surface area contributed by atoms with Crippen molar-refractivity contribution in [3.63, 3.8) is 0 Å². The van der Waals surface area contributed by atoms with Crippen molar-refractivity contribution in [3.8, 4) is 0 Å². The molecule has 0 fully saturated rings. The summed E-state index contributed by atoms with van der Waals surface area (Å²) in [5.74, 6) is -1.40. The van der Waals surface area contributed by atoms with Crippen molar-refractivity contribution in [2.24, 2.45) is 0 Å². The lowest BCUT2D eigenvalue weighted by atomic mass is 10.3. The maximum Gasteiger partial charge on any atom is 0.420 e. The summed E-state index contributed by atoms with van der Waals surface area (Å²) in [6, 6.07) is 8.79. The van der Waals surface area contributed by atoms with Crippen LogP contribution in [0.1, 0.15) is 0 Å². The van der Waals surface area contributed by atoms with Crippen molar-refractivity contribution in [1.29, 1.82) is 0 Å². The normalized spacial score (nSPS) is 10.6. The van der Waals surface area contributed by atoms with Crippen LogP contribution in [-0.4, -0.2) is 20.3 Å². The summed E-state index contributed by atoms with van der Waals surface area (Å²) >= 11 is 0. The van der Waals surface area contributed by atoms with Gasteiger partial charge in [0.1, 0.15) is 6.54 Å². The third-order valence-electron chi connectivity index (χ3n) is 3.53. The maximum atomic E-state index is 12.1. The Morgan fingerprint density at radius 1 is 1.04 bits per heavy atom. The molecule has 0 aliphatic rings. The molecule has 1 amide bonds. The zero-order valence-electron chi connectivity index (χ0n) is 12.9. The molecule has 11 heteroatoms. The molecule has 0 saturated carbocycles. The van der Waals surface area contributed by atoms with Gasteiger partial charge in [0.05, 0.1) is 21.4 Å². The Bertz CT molecular complexity index is 1080. The van der Waals surface area contributed by atoms with Crippen LogP contribution < -0.4 is 11.1 Å². The van der Waals surface area contributed by atoms with E-state index < -0.39 is 21.5 Å². The molecule has 0 spiro atoms. The van der Waals surface area contributed by atoms with E-state index in [2.05, 4.69) is 5.32 Å². The van der Waals surface area contributed by atoms with Crippen LogP contribution in [0.25, 0.3) is 11.1 Å². The fourth-order valence-corrected chi connectivity index (χ4v) is 2.33. The Labute approximate surface area is 143 Å². The van der Waals surface area contributed by atoms with E-state index in [4.69, 9.17) is 4.42 Å². The van der Waals surface area contributed by atoms with Crippen LogP contribution in [0, 0.1) is 20.2 Å². The molecule has 1 N–H and O–H groups in total. The number of amides is 1. The van der Waals surface area contributed by atoms with E-state index in [-0.39, 0.29) is 29.0 Å². The summed E-state index contributed by atoms with van der Waals surface area (Å²) in [4.78, 5) is 44.2. The predicted octanol–water partition coefficient (Wildman–Crippen LogP) is 2.05. The number of hydrogen-bond acceptors (Lipinski definition) is 7. The maximum absolute atomic E-state index is 12.1. The summed E-state index contributed by atoms with van der Waals surface area (Å²) < 4.78 is 5.96. The van der Waals surface area contributed by atoms with Crippen LogP contribution in [0.4, 0.5) is 17.1 Å². The van der Waals surface area contributed by atoms with Crippen molar-refractivity contribution in [1.82, 2.24) is 4.57 Å². The Hall–Kier alpha value is -4.02. The van der Waals surface area contributed by atoms with Crippen molar-refractivity contribution < 1.29 is 19.1 Å². The van der Waals surface area contributed by atoms with Gasteiger partial charge in [-0.05, 0) is 18.2 Å². The third-order valence-corrected chi connectivity index (χ3v) is 3.53. The van der Waals surface area contributed by atoms with Crippen LogP contribution in [0.3, 0.4) is 0 Å². The molecule has 3 aromatic rings. The zero-order valence-corrected chi connectivity index (χ0v) is 12.9. The lowest BCUT2D eigenvalue weighted by Gasteiger charge is -2.05. The highest BCUT2D eigenvalue weighted by atomic mass is 16.6. The van der Waals surface area contributed by atoms with E-state index in [0.717, 1.165) is 10.6 Å². The van der Waals surface area contributed by atoms with Gasteiger partial charge in [-0.1, -0.05) is 0 Å². The first-order chi connectivity index (χ1) is 12.3. The quantitative estimate of drug-likeness (QED) is 0.541. The molecule has 0 unspecified atom stereocenters. The molecule has 26 heavy (non-hydrogen) atoms. The lowest BCUT2D eigenvalue weighted by molar-refractivity contribution is -0.385. The number of anilines is 1. The number of nitro benzene ring substituents is 2. The highest BCUT2D eigenvalue weighted by molar-refractivity contribution is 5.91. The van der Waals surface area contributed by atoms with Gasteiger partial charge in [0.15, 0.2) is 5.58 Å². The lowest BCUT2D eigenvalue weighted by Crippen LogP contribution is -2.24. The second kappa shape index (κ2) is 6.47. The number of oxazole rings is 1. The number of nitrogens with zero attached hydrogens (tertiary/aromatic N) is 3. The van der Waals surface area contributed by atoms with Gasteiger partial charge in [0, 0.05) is 23.9 Å². The Kier molecular flexibility index (Phi) is 4.19. The molecule has 0 radical (unpaired) electrons. The SMILES string of the molecule is O=C(Cn1c(=O)oc2cc([N+](=O)[O-])ccc21)Nc1ccc([N+](=O)[O-])cc1. The summed E-state index contributed by atoms with van der Waals surface area (Å²) in [7, 11) is 0. The van der Waals surface area contributed by atoms with Crippen LogP contribution in [0.5, 0.6) is 0 Å². The number of hydrogen-bond donors (Lipinski definition) is 1. The second-order valence-electron chi connectivity index (χ2n) is 5.22. The number of carbonyl (C=O) groups excluding carboxylic acids is 1. The molecule has 0 atom stereocenters. The van der Waals surface area contributed by atoms with E-state index in [1.54, 1.807) is 0 Å². The molecule has 0 saturated heterocycles. The van der Waals surface area contributed by atoms with Crippen LogP contribution in [-0.2, 0) is 11.3 Å². The number of non-ortho nitro benzene ring substituents is 2. The Morgan fingerprint density at radius 3 is 2.27 bits per heavy atom. The van der Waals surface area contributed by atoms with Gasteiger partial charge in [0.2, 0.25) is 5.91 Å². The number of nitrogens with one attached hydrogen (secondary N) is 1. The van der Waals surface area contributed by atoms with Gasteiger partial charge in [0.25, 0.3) is 11.4 Å². The first-order valence-electron chi connectivity index (χ1n) is 7.17. The monoisotopic (exact) mass is 358 g/mol. The molecular weight excluding hydrogens is 348 g/mol. The van der Waals surface area contributed by atoms with Crippen molar-refractivity contribution in [2.45, 2.75) is 6.54 Å². The molecule has 1 aromatic heterocycles. The van der Waals surface area contributed by atoms with Crippen molar-refractivity contribution >= 4 is 34.1 Å². The van der Waals surface area contributed by atoms with Gasteiger partial charge >= 0.3 is 5.76 Å². The minimum absolute atomic E-state index is 0.00710. The minimum atomic E-state index is -0.834. The predicted molar refractivity (Wildman–Crippen MR) is 88.9 cm³/mol. The zero-order chi connectivity index (χ0) is 18.8. The highest BCUT2D eigenvalue weighted by Gasteiger charge is 2.16. The fraction of sp³-hybridized carbons (Fsp3) is 0.0667. The average molecular weight is 358 g/mol. The number of rotatable bonds is 5. The van der Waals surface area contributed by atoms with Crippen LogP contribution in [0.2, 0.25) is 0 Å². The minimum Gasteiger partial charge on any atom is -0.407 e. The molecule has 3 rings (SSSR count). The smallest absolute Gasteiger partial charge is 0.407 e. The molecule has 1 heterocycles. The van der Waals surface area contributed by atoms with Crippen LogP contribution >= 0.6 is 0 Å². The number of fused-ring (bicyclic) bond motifs is 1. The molecule has 0 aliphatic carbocycles. The largest absolute Gasteiger partial charge is 0.420 e. The first-order valence-corrected chi connectivity index (χ1v) is 7.17. The van der Waals surface area contributed by atoms with Crippen LogP contribution in [0.15, 0.2) is 51.7 Å². The molecule has 11 nitrogen and oxygen atoms in total. The second-order valence-corrected chi connectivity index (χ2v) is 5.22. The Balaban J connectivity index is 1.80. The first kappa shape index (κ1) is 16.8. The number of aromatic nitrogens is 1. The van der Waals surface area contributed by atoms with E-state index in [0.29, 0.717) is 5.69 Å². The molecule has 0 aliphatic heterocycles. The molecule has 0 bridgehead atoms. The van der Waals surface area contributed by atoms with Gasteiger partial charge < -0.3 is 9.73 Å².